The van der Waals surface area contributed by atoms with Gasteiger partial charge < -0.3 is 15.5 Å². The Morgan fingerprint density at radius 2 is 1.74 bits per heavy atom. The van der Waals surface area contributed by atoms with Gasteiger partial charge >= 0.3 is 5.97 Å². The maximum atomic E-state index is 12.8. The molecule has 3 N–H and O–H groups in total. The summed E-state index contributed by atoms with van der Waals surface area (Å²) in [6, 6.07) is 14.9. The molecule has 0 fully saturated rings. The van der Waals surface area contributed by atoms with Gasteiger partial charge in [-0.15, -0.1) is 11.7 Å². The monoisotopic (exact) mass is 405 g/mol. The summed E-state index contributed by atoms with van der Waals surface area (Å²) in [6.45, 7) is 1.96. The fourth-order valence-corrected chi connectivity index (χ4v) is 3.95. The zero-order valence-corrected chi connectivity index (χ0v) is 16.6. The number of carbonyl (C=O) groups excluding carboxylic acids is 1. The molecule has 27 heavy (non-hydrogen) atoms. The lowest BCUT2D eigenvalue weighted by atomic mass is 9.88. The summed E-state index contributed by atoms with van der Waals surface area (Å²) in [7, 11) is 1.26. The number of aromatic hydroxyl groups is 1. The van der Waals surface area contributed by atoms with E-state index in [1.807, 2.05) is 37.3 Å². The quantitative estimate of drug-likeness (QED) is 0.379. The number of carbonyl (C=O) groups is 2. The molecule has 0 aromatic heterocycles. The average molecular weight is 406 g/mol. The largest absolute Gasteiger partial charge is 0.508 e. The summed E-state index contributed by atoms with van der Waals surface area (Å²) in [4.78, 5) is 24.5. The molecule has 3 atom stereocenters. The number of hydrogen-bond donors (Lipinski definition) is 4. The Morgan fingerprint density at radius 3 is 2.30 bits per heavy atom. The van der Waals surface area contributed by atoms with Gasteiger partial charge in [-0.25, -0.2) is 4.79 Å². The molecule has 5 nitrogen and oxygen atoms in total. The lowest BCUT2D eigenvalue weighted by Crippen LogP contribution is -2.46. The van der Waals surface area contributed by atoms with Crippen molar-refractivity contribution in [3.05, 3.63) is 65.7 Å². The van der Waals surface area contributed by atoms with Crippen molar-refractivity contribution in [3.63, 3.8) is 0 Å². The number of benzene rings is 2. The van der Waals surface area contributed by atoms with Crippen LogP contribution in [0.2, 0.25) is 0 Å². The second kappa shape index (κ2) is 10.3. The predicted octanol–water partition coefficient (Wildman–Crippen LogP) is 3.50. The number of aliphatic carboxylic acids is 1. The summed E-state index contributed by atoms with van der Waals surface area (Å²) in [5.41, 5.74) is 1.74. The molecule has 2 unspecified atom stereocenters. The van der Waals surface area contributed by atoms with Crippen LogP contribution in [0.15, 0.2) is 54.6 Å². The van der Waals surface area contributed by atoms with E-state index >= 15 is 0 Å². The van der Waals surface area contributed by atoms with Gasteiger partial charge in [0.15, 0.2) is 0 Å². The molecular weight excluding hydrogens is 382 g/mol. The van der Waals surface area contributed by atoms with Crippen LogP contribution in [0.3, 0.4) is 0 Å². The van der Waals surface area contributed by atoms with Crippen LogP contribution >= 0.6 is 22.5 Å². The minimum atomic E-state index is -1.10. The van der Waals surface area contributed by atoms with Crippen LogP contribution in [0, 0.1) is 5.92 Å². The Labute approximate surface area is 168 Å². The number of carboxylic acid groups (broad SMARTS) is 1. The predicted molar refractivity (Wildman–Crippen MR) is 111 cm³/mol. The van der Waals surface area contributed by atoms with Crippen molar-refractivity contribution in [2.75, 3.05) is 5.75 Å². The molecule has 2 aromatic rings. The van der Waals surface area contributed by atoms with Crippen LogP contribution in [0.25, 0.3) is 0 Å². The standard InChI is InChI=1S/C20H23NO4S2/c1-13(15-5-3-2-4-6-15)17(12-27-26)19(23)21-18(20(24)25)11-14-7-9-16(22)10-8-14/h2-10,13,17-18,22,26H,11-12H2,1H3,(H,21,23)(H,24,25)/t13?,17?,18-/m0/s1. The summed E-state index contributed by atoms with van der Waals surface area (Å²) in [5.74, 6) is -1.31. The normalized spacial score (nSPS) is 14.1. The van der Waals surface area contributed by atoms with E-state index in [0.717, 1.165) is 11.1 Å². The van der Waals surface area contributed by atoms with E-state index in [1.165, 1.54) is 22.9 Å². The number of rotatable bonds is 9. The maximum Gasteiger partial charge on any atom is 0.326 e. The van der Waals surface area contributed by atoms with E-state index < -0.39 is 17.9 Å². The lowest BCUT2D eigenvalue weighted by molar-refractivity contribution is -0.142. The molecule has 144 valence electrons. The van der Waals surface area contributed by atoms with Crippen molar-refractivity contribution in [3.8, 4) is 5.75 Å². The van der Waals surface area contributed by atoms with E-state index in [4.69, 9.17) is 0 Å². The third-order valence-corrected chi connectivity index (χ3v) is 5.47. The van der Waals surface area contributed by atoms with Crippen molar-refractivity contribution < 1.29 is 19.8 Å². The van der Waals surface area contributed by atoms with Crippen LogP contribution in [-0.4, -0.2) is 33.9 Å². The van der Waals surface area contributed by atoms with Crippen LogP contribution < -0.4 is 5.32 Å². The molecule has 1 amide bonds. The number of carboxylic acids is 1. The Morgan fingerprint density at radius 1 is 1.11 bits per heavy atom. The fourth-order valence-electron chi connectivity index (χ4n) is 2.86. The second-order valence-corrected chi connectivity index (χ2v) is 7.74. The van der Waals surface area contributed by atoms with Crippen LogP contribution in [-0.2, 0) is 16.0 Å². The maximum absolute atomic E-state index is 12.8. The van der Waals surface area contributed by atoms with E-state index in [1.54, 1.807) is 12.1 Å². The first-order valence-electron chi connectivity index (χ1n) is 8.54. The highest BCUT2D eigenvalue weighted by Crippen LogP contribution is 2.28. The van der Waals surface area contributed by atoms with E-state index in [0.29, 0.717) is 5.75 Å². The van der Waals surface area contributed by atoms with Crippen LogP contribution in [0.1, 0.15) is 24.0 Å². The molecule has 2 rings (SSSR count). The molecule has 2 aromatic carbocycles. The Kier molecular flexibility index (Phi) is 8.06. The second-order valence-electron chi connectivity index (χ2n) is 6.37. The van der Waals surface area contributed by atoms with Crippen molar-refractivity contribution in [1.82, 2.24) is 5.32 Å². The van der Waals surface area contributed by atoms with E-state index in [9.17, 15) is 19.8 Å². The molecule has 0 aliphatic rings. The van der Waals surface area contributed by atoms with Gasteiger partial charge in [0.25, 0.3) is 0 Å². The molecule has 0 radical (unpaired) electrons. The van der Waals surface area contributed by atoms with Gasteiger partial charge in [0, 0.05) is 12.2 Å². The number of hydrogen-bond acceptors (Lipinski definition) is 5. The summed E-state index contributed by atoms with van der Waals surface area (Å²) in [6.07, 6.45) is 0.141. The molecule has 0 aliphatic heterocycles. The van der Waals surface area contributed by atoms with Gasteiger partial charge in [0.1, 0.15) is 11.8 Å². The molecule has 0 spiro atoms. The smallest absolute Gasteiger partial charge is 0.326 e. The van der Waals surface area contributed by atoms with Gasteiger partial charge in [0.2, 0.25) is 5.91 Å². The lowest BCUT2D eigenvalue weighted by Gasteiger charge is -2.25. The van der Waals surface area contributed by atoms with Crippen molar-refractivity contribution in [1.29, 1.82) is 0 Å². The van der Waals surface area contributed by atoms with Gasteiger partial charge in [-0.3, -0.25) is 4.79 Å². The van der Waals surface area contributed by atoms with Gasteiger partial charge in [-0.2, -0.15) is 0 Å². The Hall–Kier alpha value is -2.12. The number of phenols is 1. The average Bonchev–Trinajstić information content (AvgIpc) is 2.67. The van der Waals surface area contributed by atoms with Gasteiger partial charge in [-0.1, -0.05) is 60.2 Å². The molecule has 0 bridgehead atoms. The molecule has 0 saturated carbocycles. The molecule has 7 heteroatoms. The van der Waals surface area contributed by atoms with E-state index in [-0.39, 0.29) is 24.0 Å². The van der Waals surface area contributed by atoms with Crippen molar-refractivity contribution in [2.24, 2.45) is 5.92 Å². The number of phenolic OH excluding ortho intramolecular Hbond substituents is 1. The minimum absolute atomic E-state index is 0.0750. The summed E-state index contributed by atoms with van der Waals surface area (Å²) in [5, 5.41) is 21.5. The first-order chi connectivity index (χ1) is 12.9. The number of amides is 1. The van der Waals surface area contributed by atoms with Gasteiger partial charge in [-0.05, 0) is 29.2 Å². The highest BCUT2D eigenvalue weighted by Gasteiger charge is 2.29. The fraction of sp³-hybridized carbons (Fsp3) is 0.300. The molecule has 0 heterocycles. The highest BCUT2D eigenvalue weighted by atomic mass is 33.1. The Bertz CT molecular complexity index is 752. The summed E-state index contributed by atoms with van der Waals surface area (Å²) >= 11 is 4.18. The minimum Gasteiger partial charge on any atom is -0.508 e. The van der Waals surface area contributed by atoms with Crippen LogP contribution in [0.5, 0.6) is 5.75 Å². The number of nitrogens with one attached hydrogen (secondary N) is 1. The molecule has 0 saturated heterocycles. The Balaban J connectivity index is 2.12. The SMILES string of the molecule is CC(c1ccccc1)C(CSS)C(=O)N[C@@H](Cc1ccc(O)cc1)C(=O)O. The van der Waals surface area contributed by atoms with Gasteiger partial charge in [0.05, 0.1) is 5.92 Å². The highest BCUT2D eigenvalue weighted by molar-refractivity contribution is 8.68. The van der Waals surface area contributed by atoms with E-state index in [2.05, 4.69) is 17.0 Å². The van der Waals surface area contributed by atoms with Crippen molar-refractivity contribution in [2.45, 2.75) is 25.3 Å². The first-order valence-corrected chi connectivity index (χ1v) is 10.6. The number of thiol groups is 1. The third kappa shape index (κ3) is 6.22. The topological polar surface area (TPSA) is 86.6 Å². The first kappa shape index (κ1) is 21.2. The molecule has 0 aliphatic carbocycles. The summed E-state index contributed by atoms with van der Waals surface area (Å²) < 4.78 is 0. The molecular formula is C20H23NO4S2. The zero-order valence-electron chi connectivity index (χ0n) is 14.9. The third-order valence-electron chi connectivity index (χ3n) is 4.51. The van der Waals surface area contributed by atoms with Crippen LogP contribution in [0.4, 0.5) is 0 Å². The zero-order chi connectivity index (χ0) is 19.8. The van der Waals surface area contributed by atoms with Crippen molar-refractivity contribution >= 4 is 34.3 Å².